The van der Waals surface area contributed by atoms with Crippen molar-refractivity contribution in [2.45, 2.75) is 13.2 Å². The number of rotatable bonds is 2. The monoisotopic (exact) mass is 165 g/mol. The van der Waals surface area contributed by atoms with Gasteiger partial charge in [0.25, 0.3) is 0 Å². The third-order valence-electron chi connectivity index (χ3n) is 1.30. The Labute approximate surface area is 71.1 Å². The molecule has 0 fully saturated rings. The van der Waals surface area contributed by atoms with E-state index in [1.807, 2.05) is 6.07 Å². The number of hydrogen-bond donors (Lipinski definition) is 1. The van der Waals surface area contributed by atoms with Gasteiger partial charge >= 0.3 is 5.97 Å². The molecule has 0 aliphatic heterocycles. The minimum absolute atomic E-state index is 0.384. The number of carbonyl (C=O) groups is 1. The highest BCUT2D eigenvalue weighted by atomic mass is 16.6. The molecule has 0 heterocycles. The van der Waals surface area contributed by atoms with Gasteiger partial charge in [0.2, 0.25) is 0 Å². The van der Waals surface area contributed by atoms with Crippen molar-refractivity contribution in [3.63, 3.8) is 0 Å². The van der Waals surface area contributed by atoms with Crippen molar-refractivity contribution >= 4 is 5.97 Å². The van der Waals surface area contributed by atoms with Crippen LogP contribution in [0.4, 0.5) is 0 Å². The Balaban J connectivity index is 2.66. The number of ether oxygens (including phenoxy) is 1. The van der Waals surface area contributed by atoms with Crippen LogP contribution in [0.25, 0.3) is 0 Å². The van der Waals surface area contributed by atoms with E-state index >= 15 is 0 Å². The van der Waals surface area contributed by atoms with Crippen LogP contribution in [0.3, 0.4) is 0 Å². The van der Waals surface area contributed by atoms with E-state index in [-0.39, 0.29) is 5.97 Å². The van der Waals surface area contributed by atoms with Gasteiger partial charge in [-0.2, -0.15) is 0 Å². The molecule has 12 heavy (non-hydrogen) atoms. The van der Waals surface area contributed by atoms with Crippen LogP contribution >= 0.6 is 0 Å². The van der Waals surface area contributed by atoms with E-state index in [1.54, 1.807) is 31.2 Å². The molecule has 0 saturated carbocycles. The fraction of sp³-hybridized carbons (Fsp3) is 0.222. The van der Waals surface area contributed by atoms with Crippen LogP contribution in [-0.2, 0) is 4.74 Å². The zero-order valence-electron chi connectivity index (χ0n) is 6.86. The average Bonchev–Trinajstić information content (AvgIpc) is 2.05. The zero-order chi connectivity index (χ0) is 8.97. The van der Waals surface area contributed by atoms with E-state index in [9.17, 15) is 4.79 Å². The molecule has 64 valence electrons. The molecule has 0 amide bonds. The predicted octanol–water partition coefficient (Wildman–Crippen LogP) is 1.15. The van der Waals surface area contributed by atoms with Gasteiger partial charge in [0.05, 0.1) is 5.56 Å². The first-order valence-corrected chi connectivity index (χ1v) is 3.72. The Morgan fingerprint density at radius 1 is 1.42 bits per heavy atom. The van der Waals surface area contributed by atoms with Crippen molar-refractivity contribution in [2.24, 2.45) is 5.73 Å². The maximum atomic E-state index is 11.2. The fourth-order valence-corrected chi connectivity index (χ4v) is 0.811. The Hall–Kier alpha value is -1.35. The third kappa shape index (κ3) is 2.36. The summed E-state index contributed by atoms with van der Waals surface area (Å²) in [7, 11) is 0. The molecule has 0 aliphatic rings. The molecule has 0 bridgehead atoms. The predicted molar refractivity (Wildman–Crippen MR) is 45.5 cm³/mol. The normalized spacial score (nSPS) is 12.2. The minimum Gasteiger partial charge on any atom is -0.444 e. The lowest BCUT2D eigenvalue weighted by atomic mass is 10.2. The van der Waals surface area contributed by atoms with Crippen LogP contribution in [-0.4, -0.2) is 12.2 Å². The number of hydrogen-bond acceptors (Lipinski definition) is 3. The van der Waals surface area contributed by atoms with Gasteiger partial charge in [-0.25, -0.2) is 4.79 Å². The Bertz CT molecular complexity index is 256. The molecule has 0 aliphatic carbocycles. The second-order valence-electron chi connectivity index (χ2n) is 2.48. The molecule has 0 radical (unpaired) electrons. The van der Waals surface area contributed by atoms with Gasteiger partial charge in [-0.1, -0.05) is 18.2 Å². The molecule has 0 spiro atoms. The van der Waals surface area contributed by atoms with Gasteiger partial charge in [-0.05, 0) is 19.1 Å². The molecule has 1 rings (SSSR count). The molecule has 1 aromatic rings. The first kappa shape index (κ1) is 8.74. The van der Waals surface area contributed by atoms with Gasteiger partial charge in [0.1, 0.15) is 6.23 Å². The molecular weight excluding hydrogens is 154 g/mol. The van der Waals surface area contributed by atoms with Crippen LogP contribution < -0.4 is 5.73 Å². The first-order valence-electron chi connectivity index (χ1n) is 3.72. The van der Waals surface area contributed by atoms with Crippen LogP contribution in [0, 0.1) is 0 Å². The topological polar surface area (TPSA) is 52.3 Å². The SMILES string of the molecule is CC(N)OC(=O)c1ccccc1. The Morgan fingerprint density at radius 2 is 2.00 bits per heavy atom. The van der Waals surface area contributed by atoms with Crippen molar-refractivity contribution in [1.82, 2.24) is 0 Å². The summed E-state index contributed by atoms with van der Waals surface area (Å²) in [5.74, 6) is -0.384. The summed E-state index contributed by atoms with van der Waals surface area (Å²) in [6, 6.07) is 8.76. The van der Waals surface area contributed by atoms with Crippen molar-refractivity contribution in [3.8, 4) is 0 Å². The Morgan fingerprint density at radius 3 is 2.50 bits per heavy atom. The third-order valence-corrected chi connectivity index (χ3v) is 1.30. The summed E-state index contributed by atoms with van der Waals surface area (Å²) in [5, 5.41) is 0. The highest BCUT2D eigenvalue weighted by Gasteiger charge is 2.06. The lowest BCUT2D eigenvalue weighted by Gasteiger charge is -2.06. The lowest BCUT2D eigenvalue weighted by molar-refractivity contribution is 0.0355. The van der Waals surface area contributed by atoms with Crippen LogP contribution in [0.1, 0.15) is 17.3 Å². The maximum Gasteiger partial charge on any atom is 0.339 e. The summed E-state index contributed by atoms with van der Waals surface area (Å²) in [4.78, 5) is 11.2. The second kappa shape index (κ2) is 3.88. The van der Waals surface area contributed by atoms with E-state index in [0.29, 0.717) is 5.56 Å². The van der Waals surface area contributed by atoms with Crippen molar-refractivity contribution in [3.05, 3.63) is 35.9 Å². The summed E-state index contributed by atoms with van der Waals surface area (Å²) in [6.45, 7) is 1.61. The summed E-state index contributed by atoms with van der Waals surface area (Å²) >= 11 is 0. The fourth-order valence-electron chi connectivity index (χ4n) is 0.811. The molecule has 2 N–H and O–H groups in total. The number of nitrogens with two attached hydrogens (primary N) is 1. The van der Waals surface area contributed by atoms with Crippen molar-refractivity contribution < 1.29 is 9.53 Å². The largest absolute Gasteiger partial charge is 0.444 e. The molecule has 0 aromatic heterocycles. The van der Waals surface area contributed by atoms with Crippen molar-refractivity contribution in [1.29, 1.82) is 0 Å². The summed E-state index contributed by atoms with van der Waals surface area (Å²) < 4.78 is 4.78. The highest BCUT2D eigenvalue weighted by molar-refractivity contribution is 5.89. The average molecular weight is 165 g/mol. The molecule has 1 atom stereocenters. The van der Waals surface area contributed by atoms with Gasteiger partial charge in [0.15, 0.2) is 0 Å². The number of esters is 1. The van der Waals surface area contributed by atoms with E-state index in [4.69, 9.17) is 10.5 Å². The molecule has 1 unspecified atom stereocenters. The van der Waals surface area contributed by atoms with Gasteiger partial charge in [0, 0.05) is 0 Å². The van der Waals surface area contributed by atoms with E-state index < -0.39 is 6.23 Å². The van der Waals surface area contributed by atoms with Crippen LogP contribution in [0.15, 0.2) is 30.3 Å². The van der Waals surface area contributed by atoms with E-state index in [0.717, 1.165) is 0 Å². The smallest absolute Gasteiger partial charge is 0.339 e. The summed E-state index contributed by atoms with van der Waals surface area (Å²) in [6.07, 6.45) is -0.558. The quantitative estimate of drug-likeness (QED) is 0.528. The molecule has 3 heteroatoms. The highest BCUT2D eigenvalue weighted by Crippen LogP contribution is 2.01. The minimum atomic E-state index is -0.558. The molecular formula is C9H11NO2. The molecule has 3 nitrogen and oxygen atoms in total. The van der Waals surface area contributed by atoms with E-state index in [2.05, 4.69) is 0 Å². The lowest BCUT2D eigenvalue weighted by Crippen LogP contribution is -2.23. The van der Waals surface area contributed by atoms with Gasteiger partial charge in [-0.15, -0.1) is 0 Å². The van der Waals surface area contributed by atoms with Crippen LogP contribution in [0.5, 0.6) is 0 Å². The second-order valence-corrected chi connectivity index (χ2v) is 2.48. The van der Waals surface area contributed by atoms with Gasteiger partial charge < -0.3 is 4.74 Å². The number of benzene rings is 1. The maximum absolute atomic E-state index is 11.2. The van der Waals surface area contributed by atoms with Crippen molar-refractivity contribution in [2.75, 3.05) is 0 Å². The molecule has 0 saturated heterocycles. The summed E-state index contributed by atoms with van der Waals surface area (Å²) in [5.41, 5.74) is 5.81. The zero-order valence-corrected chi connectivity index (χ0v) is 6.86. The first-order chi connectivity index (χ1) is 5.70. The number of carbonyl (C=O) groups excluding carboxylic acids is 1. The Kier molecular flexibility index (Phi) is 2.82. The van der Waals surface area contributed by atoms with E-state index in [1.165, 1.54) is 0 Å². The van der Waals surface area contributed by atoms with Gasteiger partial charge in [-0.3, -0.25) is 5.73 Å². The van der Waals surface area contributed by atoms with Crippen LogP contribution in [0.2, 0.25) is 0 Å². The molecule has 1 aromatic carbocycles. The standard InChI is InChI=1S/C9H11NO2/c1-7(10)12-9(11)8-5-3-2-4-6-8/h2-7H,10H2,1H3.